The summed E-state index contributed by atoms with van der Waals surface area (Å²) in [6.45, 7) is 3.06. The number of fused-ring (bicyclic) bond motifs is 1. The molecule has 0 radical (unpaired) electrons. The molecule has 0 amide bonds. The first-order chi connectivity index (χ1) is 6.79. The second-order valence-electron chi connectivity index (χ2n) is 3.72. The Morgan fingerprint density at radius 2 is 1.71 bits per heavy atom. The molecule has 0 aliphatic carbocycles. The van der Waals surface area contributed by atoms with Crippen LogP contribution >= 0.6 is 0 Å². The number of rotatable bonds is 2. The zero-order chi connectivity index (χ0) is 9.97. The van der Waals surface area contributed by atoms with Crippen LogP contribution in [-0.4, -0.2) is 7.05 Å². The molecular formula is C13H15N. The van der Waals surface area contributed by atoms with Gasteiger partial charge < -0.3 is 5.32 Å². The summed E-state index contributed by atoms with van der Waals surface area (Å²) >= 11 is 0. The summed E-state index contributed by atoms with van der Waals surface area (Å²) in [6.07, 6.45) is 0. The highest BCUT2D eigenvalue weighted by Gasteiger charge is 1.95. The van der Waals surface area contributed by atoms with E-state index >= 15 is 0 Å². The molecule has 0 atom stereocenters. The van der Waals surface area contributed by atoms with Gasteiger partial charge in [-0.1, -0.05) is 35.9 Å². The first kappa shape index (κ1) is 9.22. The van der Waals surface area contributed by atoms with E-state index in [0.29, 0.717) is 0 Å². The summed E-state index contributed by atoms with van der Waals surface area (Å²) in [6, 6.07) is 13.2. The van der Waals surface area contributed by atoms with Crippen molar-refractivity contribution in [3.63, 3.8) is 0 Å². The average molecular weight is 185 g/mol. The Hall–Kier alpha value is -1.34. The predicted octanol–water partition coefficient (Wildman–Crippen LogP) is 2.87. The van der Waals surface area contributed by atoms with Crippen molar-refractivity contribution in [1.82, 2.24) is 5.32 Å². The zero-order valence-corrected chi connectivity index (χ0v) is 8.67. The maximum Gasteiger partial charge on any atom is 0.0202 e. The van der Waals surface area contributed by atoms with Gasteiger partial charge in [-0.2, -0.15) is 0 Å². The first-order valence-corrected chi connectivity index (χ1v) is 4.93. The van der Waals surface area contributed by atoms with Crippen molar-refractivity contribution in [2.24, 2.45) is 0 Å². The molecule has 0 unspecified atom stereocenters. The summed E-state index contributed by atoms with van der Waals surface area (Å²) in [5, 5.41) is 5.81. The van der Waals surface area contributed by atoms with Gasteiger partial charge in [-0.3, -0.25) is 0 Å². The van der Waals surface area contributed by atoms with E-state index < -0.39 is 0 Å². The van der Waals surface area contributed by atoms with E-state index in [1.807, 2.05) is 7.05 Å². The molecule has 0 heterocycles. The molecule has 14 heavy (non-hydrogen) atoms. The van der Waals surface area contributed by atoms with Crippen LogP contribution in [-0.2, 0) is 6.54 Å². The van der Waals surface area contributed by atoms with Crippen molar-refractivity contribution < 1.29 is 0 Å². The fraction of sp³-hybridized carbons (Fsp3) is 0.231. The van der Waals surface area contributed by atoms with E-state index in [1.54, 1.807) is 0 Å². The third kappa shape index (κ3) is 1.78. The summed E-state index contributed by atoms with van der Waals surface area (Å²) in [5.74, 6) is 0. The van der Waals surface area contributed by atoms with Crippen LogP contribution in [0.15, 0.2) is 36.4 Å². The second kappa shape index (κ2) is 3.81. The number of aryl methyl sites for hydroxylation is 1. The molecule has 0 bridgehead atoms. The van der Waals surface area contributed by atoms with Crippen LogP contribution < -0.4 is 5.32 Å². The smallest absolute Gasteiger partial charge is 0.0202 e. The van der Waals surface area contributed by atoms with E-state index in [2.05, 4.69) is 48.6 Å². The molecule has 2 aromatic carbocycles. The zero-order valence-electron chi connectivity index (χ0n) is 8.67. The van der Waals surface area contributed by atoms with Crippen LogP contribution in [0.1, 0.15) is 11.1 Å². The first-order valence-electron chi connectivity index (χ1n) is 4.93. The third-order valence-corrected chi connectivity index (χ3v) is 2.44. The molecule has 1 heteroatoms. The van der Waals surface area contributed by atoms with Crippen molar-refractivity contribution in [2.75, 3.05) is 7.05 Å². The molecule has 0 saturated carbocycles. The van der Waals surface area contributed by atoms with Gasteiger partial charge >= 0.3 is 0 Å². The average Bonchev–Trinajstić information content (AvgIpc) is 2.19. The molecule has 1 nitrogen and oxygen atoms in total. The Bertz CT molecular complexity index is 446. The predicted molar refractivity (Wildman–Crippen MR) is 61.4 cm³/mol. The van der Waals surface area contributed by atoms with Crippen LogP contribution in [0.25, 0.3) is 10.8 Å². The molecule has 0 aromatic heterocycles. The summed E-state index contributed by atoms with van der Waals surface area (Å²) in [7, 11) is 1.97. The van der Waals surface area contributed by atoms with Gasteiger partial charge in [0.15, 0.2) is 0 Å². The molecule has 0 aliphatic rings. The lowest BCUT2D eigenvalue weighted by Gasteiger charge is -2.03. The topological polar surface area (TPSA) is 12.0 Å². The lowest BCUT2D eigenvalue weighted by molar-refractivity contribution is 0.819. The fourth-order valence-corrected chi connectivity index (χ4v) is 1.73. The molecule has 0 fully saturated rings. The maximum absolute atomic E-state index is 3.16. The Labute approximate surface area is 84.8 Å². The molecule has 72 valence electrons. The van der Waals surface area contributed by atoms with Crippen molar-refractivity contribution in [1.29, 1.82) is 0 Å². The van der Waals surface area contributed by atoms with E-state index in [1.165, 1.54) is 21.9 Å². The molecule has 0 aliphatic heterocycles. The number of hydrogen-bond acceptors (Lipinski definition) is 1. The highest BCUT2D eigenvalue weighted by atomic mass is 14.8. The Morgan fingerprint density at radius 3 is 2.50 bits per heavy atom. The highest BCUT2D eigenvalue weighted by molar-refractivity contribution is 5.83. The molecule has 2 rings (SSSR count). The molecule has 0 spiro atoms. The summed E-state index contributed by atoms with van der Waals surface area (Å²) < 4.78 is 0. The van der Waals surface area contributed by atoms with Crippen molar-refractivity contribution >= 4 is 10.8 Å². The van der Waals surface area contributed by atoms with E-state index in [4.69, 9.17) is 0 Å². The Morgan fingerprint density at radius 1 is 1.00 bits per heavy atom. The Balaban J connectivity index is 2.50. The van der Waals surface area contributed by atoms with Gasteiger partial charge in [0, 0.05) is 6.54 Å². The lowest BCUT2D eigenvalue weighted by Crippen LogP contribution is -2.04. The van der Waals surface area contributed by atoms with Gasteiger partial charge in [0.25, 0.3) is 0 Å². The summed E-state index contributed by atoms with van der Waals surface area (Å²) in [4.78, 5) is 0. The third-order valence-electron chi connectivity index (χ3n) is 2.44. The largest absolute Gasteiger partial charge is 0.316 e. The fourth-order valence-electron chi connectivity index (χ4n) is 1.73. The van der Waals surface area contributed by atoms with Gasteiger partial charge in [0.2, 0.25) is 0 Å². The number of nitrogens with one attached hydrogen (secondary N) is 1. The van der Waals surface area contributed by atoms with E-state index in [9.17, 15) is 0 Å². The van der Waals surface area contributed by atoms with Crippen LogP contribution in [0.4, 0.5) is 0 Å². The van der Waals surface area contributed by atoms with E-state index in [-0.39, 0.29) is 0 Å². The van der Waals surface area contributed by atoms with Crippen LogP contribution in [0.2, 0.25) is 0 Å². The van der Waals surface area contributed by atoms with Crippen molar-refractivity contribution in [2.45, 2.75) is 13.5 Å². The van der Waals surface area contributed by atoms with Crippen LogP contribution in [0.3, 0.4) is 0 Å². The quantitative estimate of drug-likeness (QED) is 0.758. The van der Waals surface area contributed by atoms with Gasteiger partial charge in [0.1, 0.15) is 0 Å². The van der Waals surface area contributed by atoms with E-state index in [0.717, 1.165) is 6.54 Å². The maximum atomic E-state index is 3.16. The number of benzene rings is 2. The molecule has 0 saturated heterocycles. The lowest BCUT2D eigenvalue weighted by atomic mass is 10.0. The van der Waals surface area contributed by atoms with Crippen LogP contribution in [0.5, 0.6) is 0 Å². The standard InChI is InChI=1S/C13H15N/c1-10-3-5-13-8-11(9-14-2)4-6-12(13)7-10/h3-8,14H,9H2,1-2H3. The van der Waals surface area contributed by atoms with Gasteiger partial charge in [-0.25, -0.2) is 0 Å². The Kier molecular flexibility index (Phi) is 2.51. The van der Waals surface area contributed by atoms with Gasteiger partial charge in [0.05, 0.1) is 0 Å². The van der Waals surface area contributed by atoms with Crippen molar-refractivity contribution in [3.05, 3.63) is 47.5 Å². The summed E-state index contributed by atoms with van der Waals surface area (Å²) in [5.41, 5.74) is 2.66. The molecular weight excluding hydrogens is 170 g/mol. The highest BCUT2D eigenvalue weighted by Crippen LogP contribution is 2.17. The van der Waals surface area contributed by atoms with Gasteiger partial charge in [-0.15, -0.1) is 0 Å². The second-order valence-corrected chi connectivity index (χ2v) is 3.72. The van der Waals surface area contributed by atoms with Crippen molar-refractivity contribution in [3.8, 4) is 0 Å². The molecule has 2 aromatic rings. The number of hydrogen-bond donors (Lipinski definition) is 1. The van der Waals surface area contributed by atoms with Crippen LogP contribution in [0, 0.1) is 6.92 Å². The molecule has 1 N–H and O–H groups in total. The minimum absolute atomic E-state index is 0.934. The van der Waals surface area contributed by atoms with Gasteiger partial charge in [-0.05, 0) is 36.4 Å². The SMILES string of the molecule is CNCc1ccc2cc(C)ccc2c1. The normalized spacial score (nSPS) is 10.7. The monoisotopic (exact) mass is 185 g/mol. The minimum Gasteiger partial charge on any atom is -0.316 e. The minimum atomic E-state index is 0.934.